The number of benzene rings is 2. The Morgan fingerprint density at radius 3 is 2.38 bits per heavy atom. The molecule has 2 rings (SSSR count). The van der Waals surface area contributed by atoms with Crippen LogP contribution in [0.15, 0.2) is 46.9 Å². The molecule has 0 spiro atoms. The Labute approximate surface area is 149 Å². The quantitative estimate of drug-likeness (QED) is 0.584. The Hall–Kier alpha value is -2.34. The average molecular weight is 392 g/mol. The Morgan fingerprint density at radius 2 is 1.79 bits per heavy atom. The van der Waals surface area contributed by atoms with Crippen molar-refractivity contribution >= 4 is 33.5 Å². The predicted molar refractivity (Wildman–Crippen MR) is 95.6 cm³/mol. The normalized spacial score (nSPS) is 10.1. The minimum atomic E-state index is -0.468. The molecule has 0 unspecified atom stereocenters. The minimum absolute atomic E-state index is 0.0704. The zero-order valence-corrected chi connectivity index (χ0v) is 15.1. The van der Waals surface area contributed by atoms with E-state index in [0.29, 0.717) is 40.3 Å². The predicted octanol–water partition coefficient (Wildman–Crippen LogP) is 4.42. The van der Waals surface area contributed by atoms with Crippen LogP contribution in [0.4, 0.5) is 5.69 Å². The van der Waals surface area contributed by atoms with Crippen LogP contribution in [0.25, 0.3) is 0 Å². The van der Waals surface area contributed by atoms with Crippen molar-refractivity contribution < 1.29 is 19.1 Å². The summed E-state index contributed by atoms with van der Waals surface area (Å²) in [6, 6.07) is 11.7. The first kappa shape index (κ1) is 18.0. The first-order valence-electron chi connectivity index (χ1n) is 7.58. The molecule has 24 heavy (non-hydrogen) atoms. The summed E-state index contributed by atoms with van der Waals surface area (Å²) in [5, 5.41) is 2.73. The fourth-order valence-corrected chi connectivity index (χ4v) is 2.42. The molecule has 2 aromatic rings. The van der Waals surface area contributed by atoms with E-state index < -0.39 is 5.97 Å². The highest BCUT2D eigenvalue weighted by molar-refractivity contribution is 9.10. The van der Waals surface area contributed by atoms with E-state index in [9.17, 15) is 9.59 Å². The number of nitrogens with one attached hydrogen (secondary N) is 1. The Kier molecular flexibility index (Phi) is 6.37. The standard InChI is InChI=1S/C18H18BrNO4/c1-3-17(21)20-13-6-8-14(9-7-13)24-18(22)12-5-10-16(23-4-2)15(19)11-12/h5-11H,3-4H2,1-2H3,(H,20,21). The highest BCUT2D eigenvalue weighted by Gasteiger charge is 2.11. The third-order valence-electron chi connectivity index (χ3n) is 3.14. The number of amides is 1. The second kappa shape index (κ2) is 8.49. The SMILES string of the molecule is CCOc1ccc(C(=O)Oc2ccc(NC(=O)CC)cc2)cc1Br. The summed E-state index contributed by atoms with van der Waals surface area (Å²) >= 11 is 3.37. The van der Waals surface area contributed by atoms with Crippen molar-refractivity contribution in [2.45, 2.75) is 20.3 Å². The van der Waals surface area contributed by atoms with Crippen molar-refractivity contribution in [3.05, 3.63) is 52.5 Å². The summed E-state index contributed by atoms with van der Waals surface area (Å²) in [5.41, 5.74) is 1.07. The van der Waals surface area contributed by atoms with Gasteiger partial charge >= 0.3 is 5.97 Å². The van der Waals surface area contributed by atoms with Crippen LogP contribution < -0.4 is 14.8 Å². The van der Waals surface area contributed by atoms with E-state index in [2.05, 4.69) is 21.2 Å². The number of rotatable bonds is 6. The van der Waals surface area contributed by atoms with Gasteiger partial charge in [-0.15, -0.1) is 0 Å². The van der Waals surface area contributed by atoms with Gasteiger partial charge in [0.1, 0.15) is 11.5 Å². The molecule has 5 nitrogen and oxygen atoms in total. The van der Waals surface area contributed by atoms with Gasteiger partial charge in [-0.3, -0.25) is 4.79 Å². The van der Waals surface area contributed by atoms with Crippen LogP contribution in [0.1, 0.15) is 30.6 Å². The lowest BCUT2D eigenvalue weighted by Gasteiger charge is -2.09. The molecule has 0 radical (unpaired) electrons. The molecule has 0 aliphatic heterocycles. The summed E-state index contributed by atoms with van der Waals surface area (Å²) in [7, 11) is 0. The Bertz CT molecular complexity index is 728. The van der Waals surface area contributed by atoms with Gasteiger partial charge in [0.2, 0.25) is 5.91 Å². The first-order valence-corrected chi connectivity index (χ1v) is 8.37. The molecule has 0 aliphatic carbocycles. The minimum Gasteiger partial charge on any atom is -0.493 e. The van der Waals surface area contributed by atoms with Gasteiger partial charge in [0.25, 0.3) is 0 Å². The van der Waals surface area contributed by atoms with E-state index in [1.54, 1.807) is 49.4 Å². The number of carbonyl (C=O) groups excluding carboxylic acids is 2. The highest BCUT2D eigenvalue weighted by atomic mass is 79.9. The molecule has 2 aromatic carbocycles. The molecule has 0 fully saturated rings. The maximum absolute atomic E-state index is 12.2. The summed E-state index contributed by atoms with van der Waals surface area (Å²) in [4.78, 5) is 23.5. The van der Waals surface area contributed by atoms with Crippen LogP contribution in [0.2, 0.25) is 0 Å². The van der Waals surface area contributed by atoms with Crippen molar-refractivity contribution in [3.63, 3.8) is 0 Å². The fourth-order valence-electron chi connectivity index (χ4n) is 1.92. The van der Waals surface area contributed by atoms with E-state index in [1.165, 1.54) is 0 Å². The lowest BCUT2D eigenvalue weighted by molar-refractivity contribution is -0.115. The van der Waals surface area contributed by atoms with Gasteiger partial charge in [-0.2, -0.15) is 0 Å². The number of ether oxygens (including phenoxy) is 2. The van der Waals surface area contributed by atoms with Gasteiger partial charge in [-0.1, -0.05) is 6.92 Å². The molecule has 126 valence electrons. The number of carbonyl (C=O) groups is 2. The number of esters is 1. The number of hydrogen-bond donors (Lipinski definition) is 1. The van der Waals surface area contributed by atoms with Crippen LogP contribution >= 0.6 is 15.9 Å². The number of halogens is 1. The lowest BCUT2D eigenvalue weighted by Crippen LogP contribution is -2.10. The van der Waals surface area contributed by atoms with E-state index in [1.807, 2.05) is 6.92 Å². The molecule has 0 atom stereocenters. The molecule has 0 saturated heterocycles. The van der Waals surface area contributed by atoms with Gasteiger partial charge in [-0.25, -0.2) is 4.79 Å². The zero-order valence-electron chi connectivity index (χ0n) is 13.5. The van der Waals surface area contributed by atoms with Gasteiger partial charge in [0.15, 0.2) is 0 Å². The van der Waals surface area contributed by atoms with Crippen LogP contribution in [0, 0.1) is 0 Å². The summed E-state index contributed by atoms with van der Waals surface area (Å²) in [6.45, 7) is 4.21. The zero-order chi connectivity index (χ0) is 17.5. The summed E-state index contributed by atoms with van der Waals surface area (Å²) < 4.78 is 11.4. The van der Waals surface area contributed by atoms with Crippen molar-refractivity contribution in [1.29, 1.82) is 0 Å². The maximum atomic E-state index is 12.2. The van der Waals surface area contributed by atoms with Crippen molar-refractivity contribution in [1.82, 2.24) is 0 Å². The summed E-state index contributed by atoms with van der Waals surface area (Å²) in [6.07, 6.45) is 0.406. The first-order chi connectivity index (χ1) is 11.5. The van der Waals surface area contributed by atoms with Crippen LogP contribution in [0.5, 0.6) is 11.5 Å². The third kappa shape index (κ3) is 4.83. The van der Waals surface area contributed by atoms with E-state index >= 15 is 0 Å². The molecule has 1 N–H and O–H groups in total. The smallest absolute Gasteiger partial charge is 0.343 e. The molecule has 0 aliphatic rings. The average Bonchev–Trinajstić information content (AvgIpc) is 2.58. The molecule has 1 amide bonds. The van der Waals surface area contributed by atoms with Crippen molar-refractivity contribution in [2.24, 2.45) is 0 Å². The molecule has 6 heteroatoms. The van der Waals surface area contributed by atoms with Crippen molar-refractivity contribution in [3.8, 4) is 11.5 Å². The van der Waals surface area contributed by atoms with Crippen LogP contribution in [-0.2, 0) is 4.79 Å². The largest absolute Gasteiger partial charge is 0.493 e. The van der Waals surface area contributed by atoms with Crippen molar-refractivity contribution in [2.75, 3.05) is 11.9 Å². The topological polar surface area (TPSA) is 64.6 Å². The van der Waals surface area contributed by atoms with Crippen LogP contribution in [0.3, 0.4) is 0 Å². The second-order valence-electron chi connectivity index (χ2n) is 4.89. The Balaban J connectivity index is 2.04. The van der Waals surface area contributed by atoms with Gasteiger partial charge in [0, 0.05) is 12.1 Å². The van der Waals surface area contributed by atoms with E-state index in [-0.39, 0.29) is 5.91 Å². The van der Waals surface area contributed by atoms with Gasteiger partial charge in [-0.05, 0) is 65.3 Å². The Morgan fingerprint density at radius 1 is 1.08 bits per heavy atom. The highest BCUT2D eigenvalue weighted by Crippen LogP contribution is 2.26. The lowest BCUT2D eigenvalue weighted by atomic mass is 10.2. The number of hydrogen-bond acceptors (Lipinski definition) is 4. The molecule has 0 saturated carbocycles. The molecule has 0 heterocycles. The molecule has 0 bridgehead atoms. The van der Waals surface area contributed by atoms with E-state index in [0.717, 1.165) is 0 Å². The van der Waals surface area contributed by atoms with E-state index in [4.69, 9.17) is 9.47 Å². The molecule has 0 aromatic heterocycles. The molecular formula is C18H18BrNO4. The summed E-state index contributed by atoms with van der Waals surface area (Å²) in [5.74, 6) is 0.535. The maximum Gasteiger partial charge on any atom is 0.343 e. The third-order valence-corrected chi connectivity index (χ3v) is 3.76. The fraction of sp³-hybridized carbons (Fsp3) is 0.222. The number of anilines is 1. The molecular weight excluding hydrogens is 374 g/mol. The van der Waals surface area contributed by atoms with Gasteiger partial charge < -0.3 is 14.8 Å². The monoisotopic (exact) mass is 391 g/mol. The second-order valence-corrected chi connectivity index (χ2v) is 5.75. The van der Waals surface area contributed by atoms with Crippen LogP contribution in [-0.4, -0.2) is 18.5 Å². The van der Waals surface area contributed by atoms with Gasteiger partial charge in [0.05, 0.1) is 16.6 Å².